The maximum absolute atomic E-state index is 10.5. The molecule has 1 aromatic heterocycles. The van der Waals surface area contributed by atoms with Crippen molar-refractivity contribution in [2.24, 2.45) is 7.05 Å². The third-order valence-electron chi connectivity index (χ3n) is 2.72. The van der Waals surface area contributed by atoms with E-state index < -0.39 is 0 Å². The van der Waals surface area contributed by atoms with E-state index in [0.717, 1.165) is 11.8 Å². The van der Waals surface area contributed by atoms with Crippen LogP contribution in [0.1, 0.15) is 11.3 Å². The summed E-state index contributed by atoms with van der Waals surface area (Å²) in [7, 11) is 2.04. The Morgan fingerprint density at radius 1 is 1.43 bits per heavy atom. The van der Waals surface area contributed by atoms with E-state index in [2.05, 4.69) is 23.6 Å². The van der Waals surface area contributed by atoms with Crippen molar-refractivity contribution in [3.63, 3.8) is 0 Å². The van der Waals surface area contributed by atoms with Gasteiger partial charge in [-0.05, 0) is 24.6 Å². The smallest absolute Gasteiger partial charge is 0.124 e. The Labute approximate surface area is 83.2 Å². The van der Waals surface area contributed by atoms with Gasteiger partial charge < -0.3 is 9.36 Å². The number of benzene rings is 1. The zero-order valence-corrected chi connectivity index (χ0v) is 8.45. The Morgan fingerprint density at radius 3 is 2.93 bits per heavy atom. The summed E-state index contributed by atoms with van der Waals surface area (Å²) >= 11 is 0. The van der Waals surface area contributed by atoms with Crippen molar-refractivity contribution in [1.82, 2.24) is 4.57 Å². The van der Waals surface area contributed by atoms with Crippen molar-refractivity contribution in [2.75, 3.05) is 0 Å². The second-order valence-electron chi connectivity index (χ2n) is 3.57. The summed E-state index contributed by atoms with van der Waals surface area (Å²) in [5.41, 5.74) is 3.53. The number of hydrogen-bond donors (Lipinski definition) is 0. The predicted molar refractivity (Wildman–Crippen MR) is 57.4 cm³/mol. The van der Waals surface area contributed by atoms with Crippen molar-refractivity contribution >= 4 is 17.2 Å². The van der Waals surface area contributed by atoms with Crippen LogP contribution in [0, 0.1) is 6.92 Å². The highest BCUT2D eigenvalue weighted by Crippen LogP contribution is 2.22. The van der Waals surface area contributed by atoms with E-state index in [1.54, 1.807) is 0 Å². The fraction of sp³-hybridized carbons (Fsp3) is 0.250. The Kier molecular flexibility index (Phi) is 2.12. The zero-order valence-electron chi connectivity index (χ0n) is 8.45. The molecule has 0 aliphatic heterocycles. The zero-order chi connectivity index (χ0) is 10.1. The molecule has 14 heavy (non-hydrogen) atoms. The molecule has 0 amide bonds. The first-order chi connectivity index (χ1) is 6.74. The molecule has 0 saturated carbocycles. The predicted octanol–water partition coefficient (Wildman–Crippen LogP) is 2.23. The largest absolute Gasteiger partial charge is 0.348 e. The van der Waals surface area contributed by atoms with Gasteiger partial charge in [-0.25, -0.2) is 0 Å². The minimum Gasteiger partial charge on any atom is -0.348 e. The molecule has 0 aliphatic rings. The van der Waals surface area contributed by atoms with Crippen LogP contribution in [0.2, 0.25) is 0 Å². The topological polar surface area (TPSA) is 22.0 Å². The standard InChI is InChI=1S/C12H13NO/c1-9-8-11-10(6-7-14)4-3-5-12(11)13(9)2/h3-5,7-8H,6H2,1-2H3. The number of aldehydes is 1. The van der Waals surface area contributed by atoms with Gasteiger partial charge in [0.2, 0.25) is 0 Å². The van der Waals surface area contributed by atoms with Crippen molar-refractivity contribution in [2.45, 2.75) is 13.3 Å². The molecule has 0 atom stereocenters. The van der Waals surface area contributed by atoms with Crippen LogP contribution in [-0.2, 0) is 18.3 Å². The lowest BCUT2D eigenvalue weighted by atomic mass is 10.1. The molecule has 1 heterocycles. The first-order valence-electron chi connectivity index (χ1n) is 4.71. The van der Waals surface area contributed by atoms with Crippen molar-refractivity contribution in [3.05, 3.63) is 35.5 Å². The summed E-state index contributed by atoms with van der Waals surface area (Å²) in [5.74, 6) is 0. The van der Waals surface area contributed by atoms with Gasteiger partial charge in [0.15, 0.2) is 0 Å². The van der Waals surface area contributed by atoms with Crippen LogP contribution in [0.25, 0.3) is 10.9 Å². The second-order valence-corrected chi connectivity index (χ2v) is 3.57. The van der Waals surface area contributed by atoms with Crippen LogP contribution in [0.5, 0.6) is 0 Å². The van der Waals surface area contributed by atoms with E-state index >= 15 is 0 Å². The minimum absolute atomic E-state index is 0.501. The van der Waals surface area contributed by atoms with Crippen molar-refractivity contribution < 1.29 is 4.79 Å². The average molecular weight is 187 g/mol. The second kappa shape index (κ2) is 3.29. The fourth-order valence-corrected chi connectivity index (χ4v) is 1.82. The normalized spacial score (nSPS) is 10.7. The molecule has 2 aromatic rings. The maximum Gasteiger partial charge on any atom is 0.124 e. The summed E-state index contributed by atoms with van der Waals surface area (Å²) in [6.07, 6.45) is 1.46. The number of aromatic nitrogens is 1. The molecular weight excluding hydrogens is 174 g/mol. The van der Waals surface area contributed by atoms with Crippen LogP contribution in [0.4, 0.5) is 0 Å². The summed E-state index contributed by atoms with van der Waals surface area (Å²) in [4.78, 5) is 10.5. The lowest BCUT2D eigenvalue weighted by Crippen LogP contribution is -1.90. The molecule has 0 N–H and O–H groups in total. The van der Waals surface area contributed by atoms with E-state index in [9.17, 15) is 4.79 Å². The van der Waals surface area contributed by atoms with Crippen LogP contribution >= 0.6 is 0 Å². The van der Waals surface area contributed by atoms with Crippen molar-refractivity contribution in [3.8, 4) is 0 Å². The average Bonchev–Trinajstić information content (AvgIpc) is 2.46. The monoisotopic (exact) mass is 187 g/mol. The SMILES string of the molecule is Cc1cc2c(CC=O)cccc2n1C. The maximum atomic E-state index is 10.5. The van der Waals surface area contributed by atoms with E-state index in [4.69, 9.17) is 0 Å². The van der Waals surface area contributed by atoms with Crippen LogP contribution in [-0.4, -0.2) is 10.9 Å². The molecule has 72 valence electrons. The van der Waals surface area contributed by atoms with Gasteiger partial charge in [0.05, 0.1) is 0 Å². The Bertz CT molecular complexity index is 482. The van der Waals surface area contributed by atoms with Crippen LogP contribution in [0.3, 0.4) is 0 Å². The summed E-state index contributed by atoms with van der Waals surface area (Å²) in [5, 5.41) is 1.19. The highest BCUT2D eigenvalue weighted by Gasteiger charge is 2.05. The summed E-state index contributed by atoms with van der Waals surface area (Å²) in [6.45, 7) is 2.07. The molecule has 0 unspecified atom stereocenters. The highest BCUT2D eigenvalue weighted by atomic mass is 16.1. The third-order valence-corrected chi connectivity index (χ3v) is 2.72. The van der Waals surface area contributed by atoms with Gasteiger partial charge in [0.25, 0.3) is 0 Å². The number of aryl methyl sites for hydroxylation is 2. The van der Waals surface area contributed by atoms with E-state index in [-0.39, 0.29) is 0 Å². The van der Waals surface area contributed by atoms with E-state index in [1.807, 2.05) is 19.2 Å². The molecule has 2 heteroatoms. The molecule has 0 radical (unpaired) electrons. The molecule has 2 rings (SSSR count). The van der Waals surface area contributed by atoms with Gasteiger partial charge in [0, 0.05) is 30.1 Å². The molecule has 0 saturated heterocycles. The van der Waals surface area contributed by atoms with E-state index in [1.165, 1.54) is 16.6 Å². The van der Waals surface area contributed by atoms with Gasteiger partial charge in [-0.15, -0.1) is 0 Å². The number of fused-ring (bicyclic) bond motifs is 1. The number of carbonyl (C=O) groups excluding carboxylic acids is 1. The van der Waals surface area contributed by atoms with Gasteiger partial charge >= 0.3 is 0 Å². The van der Waals surface area contributed by atoms with Gasteiger partial charge in [-0.1, -0.05) is 12.1 Å². The summed E-state index contributed by atoms with van der Waals surface area (Å²) < 4.78 is 2.14. The number of nitrogens with zero attached hydrogens (tertiary/aromatic N) is 1. The van der Waals surface area contributed by atoms with Gasteiger partial charge in [0.1, 0.15) is 6.29 Å². The first kappa shape index (κ1) is 9.00. The minimum atomic E-state index is 0.501. The van der Waals surface area contributed by atoms with Crippen LogP contribution in [0.15, 0.2) is 24.3 Å². The lowest BCUT2D eigenvalue weighted by molar-refractivity contribution is -0.107. The van der Waals surface area contributed by atoms with Crippen LogP contribution < -0.4 is 0 Å². The van der Waals surface area contributed by atoms with Gasteiger partial charge in [-0.2, -0.15) is 0 Å². The molecule has 0 bridgehead atoms. The Balaban J connectivity index is 2.74. The first-order valence-corrected chi connectivity index (χ1v) is 4.71. The molecule has 2 nitrogen and oxygen atoms in total. The number of carbonyl (C=O) groups is 1. The van der Waals surface area contributed by atoms with E-state index in [0.29, 0.717) is 6.42 Å². The number of rotatable bonds is 2. The summed E-state index contributed by atoms with van der Waals surface area (Å²) in [6, 6.07) is 8.22. The third kappa shape index (κ3) is 1.23. The molecule has 0 spiro atoms. The molecule has 0 aliphatic carbocycles. The molecule has 1 aromatic carbocycles. The number of hydrogen-bond acceptors (Lipinski definition) is 1. The molecular formula is C12H13NO. The fourth-order valence-electron chi connectivity index (χ4n) is 1.82. The Hall–Kier alpha value is -1.57. The highest BCUT2D eigenvalue weighted by molar-refractivity contribution is 5.86. The molecule has 0 fully saturated rings. The van der Waals surface area contributed by atoms with Gasteiger partial charge in [-0.3, -0.25) is 0 Å². The quantitative estimate of drug-likeness (QED) is 0.661. The lowest BCUT2D eigenvalue weighted by Gasteiger charge is -2.00. The Morgan fingerprint density at radius 2 is 2.21 bits per heavy atom. The van der Waals surface area contributed by atoms with Crippen molar-refractivity contribution in [1.29, 1.82) is 0 Å².